The molecule has 68 heavy (non-hydrogen) atoms. The van der Waals surface area contributed by atoms with Crippen LogP contribution >= 0.6 is 23.8 Å². The molecule has 3 aliphatic rings. The van der Waals surface area contributed by atoms with Crippen LogP contribution in [0.5, 0.6) is 5.75 Å². The molecule has 364 valence electrons. The molecule has 1 aromatic heterocycles. The normalized spacial score (nSPS) is 20.6. The van der Waals surface area contributed by atoms with Crippen LogP contribution in [0.1, 0.15) is 72.3 Å². The lowest BCUT2D eigenvalue weighted by molar-refractivity contribution is -0.144. The van der Waals surface area contributed by atoms with Gasteiger partial charge < -0.3 is 39.8 Å². The van der Waals surface area contributed by atoms with Crippen LogP contribution < -0.4 is 20.3 Å². The Morgan fingerprint density at radius 3 is 2.44 bits per heavy atom. The van der Waals surface area contributed by atoms with Crippen LogP contribution in [0, 0.1) is 22.6 Å². The maximum atomic E-state index is 15.3. The zero-order valence-corrected chi connectivity index (χ0v) is 40.9. The molecule has 2 aromatic carbocycles. The van der Waals surface area contributed by atoms with Crippen molar-refractivity contribution in [3.8, 4) is 23.1 Å². The minimum atomic E-state index is -1.30. The Morgan fingerprint density at radius 2 is 1.76 bits per heavy atom. The highest BCUT2D eigenvalue weighted by atomic mass is 35.5. The van der Waals surface area contributed by atoms with Crippen molar-refractivity contribution in [1.82, 2.24) is 30.2 Å². The Kier molecular flexibility index (Phi) is 16.8. The van der Waals surface area contributed by atoms with E-state index in [0.717, 1.165) is 16.8 Å². The SMILES string of the molecule is Cn1nccc1-c1ccc(CNC(=O)[C@@H]2C[C@@H](O)CN2C(=O)[C@@H](NC(=O)COCCCOCCCCOc2ccc(N3C(=S)N(C4=CC=CC(Cl)(C#N)C4)C(=O)C3(C)C)cc2F)C(C)(C)C)cc1. The summed E-state index contributed by atoms with van der Waals surface area (Å²) in [6, 6.07) is 14.2. The number of likely N-dealkylation sites (tertiary alicyclic amines) is 1. The van der Waals surface area contributed by atoms with Crippen LogP contribution in [-0.4, -0.2) is 122 Å². The highest BCUT2D eigenvalue weighted by molar-refractivity contribution is 7.80. The Bertz CT molecular complexity index is 2450. The number of thiocarbonyl (C=S) groups is 1. The number of rotatable bonds is 20. The van der Waals surface area contributed by atoms with E-state index in [0.29, 0.717) is 43.9 Å². The molecule has 1 unspecified atom stereocenters. The van der Waals surface area contributed by atoms with Gasteiger partial charge in [0.1, 0.15) is 24.2 Å². The molecule has 0 bridgehead atoms. The summed E-state index contributed by atoms with van der Waals surface area (Å²) in [6.45, 7) is 10.1. The average molecular weight is 976 g/mol. The number of aromatic nitrogens is 2. The number of aryl methyl sites for hydroxylation is 1. The highest BCUT2D eigenvalue weighted by Gasteiger charge is 2.52. The van der Waals surface area contributed by atoms with E-state index in [1.807, 2.05) is 64.2 Å². The number of aliphatic hydroxyl groups excluding tert-OH is 1. The van der Waals surface area contributed by atoms with E-state index in [4.69, 9.17) is 38.0 Å². The first-order chi connectivity index (χ1) is 32.2. The summed E-state index contributed by atoms with van der Waals surface area (Å²) in [6.07, 6.45) is 7.62. The zero-order chi connectivity index (χ0) is 49.4. The molecule has 0 saturated carbocycles. The Hall–Kier alpha value is -5.71. The van der Waals surface area contributed by atoms with Crippen molar-refractivity contribution in [1.29, 1.82) is 5.26 Å². The van der Waals surface area contributed by atoms with Crippen molar-refractivity contribution in [2.45, 2.75) is 102 Å². The lowest BCUT2D eigenvalue weighted by Crippen LogP contribution is -2.58. The van der Waals surface area contributed by atoms with Gasteiger partial charge in [-0.2, -0.15) is 10.4 Å². The number of amides is 4. The number of allylic oxidation sites excluding steroid dienone is 4. The van der Waals surface area contributed by atoms with Crippen LogP contribution in [0.2, 0.25) is 0 Å². The first-order valence-electron chi connectivity index (χ1n) is 22.6. The molecule has 0 radical (unpaired) electrons. The summed E-state index contributed by atoms with van der Waals surface area (Å²) in [7, 11) is 1.86. The first kappa shape index (κ1) is 51.7. The molecule has 2 aliphatic heterocycles. The number of carbonyl (C=O) groups excluding carboxylic acids is 4. The van der Waals surface area contributed by atoms with Gasteiger partial charge in [0.05, 0.1) is 24.5 Å². The molecule has 6 rings (SSSR count). The van der Waals surface area contributed by atoms with E-state index in [2.05, 4.69) is 15.7 Å². The predicted octanol–water partition coefficient (Wildman–Crippen LogP) is 5.67. The fourth-order valence-electron chi connectivity index (χ4n) is 8.25. The van der Waals surface area contributed by atoms with Crippen LogP contribution in [0.3, 0.4) is 0 Å². The second-order valence-corrected chi connectivity index (χ2v) is 19.7. The Labute approximate surface area is 407 Å². The third-order valence-electron chi connectivity index (χ3n) is 12.0. The largest absolute Gasteiger partial charge is 0.491 e. The first-order valence-corrected chi connectivity index (χ1v) is 23.4. The molecule has 2 saturated heterocycles. The van der Waals surface area contributed by atoms with Crippen molar-refractivity contribution in [3.63, 3.8) is 0 Å². The predicted molar refractivity (Wildman–Crippen MR) is 257 cm³/mol. The third-order valence-corrected chi connectivity index (χ3v) is 12.7. The number of benzene rings is 2. The van der Waals surface area contributed by atoms with Gasteiger partial charge in [0.15, 0.2) is 21.6 Å². The summed E-state index contributed by atoms with van der Waals surface area (Å²) in [5, 5.41) is 30.1. The maximum Gasteiger partial charge on any atom is 0.258 e. The fourth-order valence-corrected chi connectivity index (χ4v) is 8.99. The Morgan fingerprint density at radius 1 is 1.06 bits per heavy atom. The number of ether oxygens (including phenoxy) is 3. The summed E-state index contributed by atoms with van der Waals surface area (Å²) < 4.78 is 34.1. The highest BCUT2D eigenvalue weighted by Crippen LogP contribution is 2.40. The quantitative estimate of drug-likeness (QED) is 0.0715. The molecular weight excluding hydrogens is 915 g/mol. The smallest absolute Gasteiger partial charge is 0.258 e. The van der Waals surface area contributed by atoms with Gasteiger partial charge in [0, 0.05) is 76.4 Å². The molecule has 3 aromatic rings. The van der Waals surface area contributed by atoms with Crippen LogP contribution in [0.25, 0.3) is 11.3 Å². The summed E-state index contributed by atoms with van der Waals surface area (Å²) in [5.41, 5.74) is 1.81. The molecule has 1 aliphatic carbocycles. The van der Waals surface area contributed by atoms with E-state index in [1.54, 1.807) is 53.9 Å². The van der Waals surface area contributed by atoms with Gasteiger partial charge in [0.25, 0.3) is 5.91 Å². The van der Waals surface area contributed by atoms with Crippen LogP contribution in [0.4, 0.5) is 10.1 Å². The number of nitriles is 1. The van der Waals surface area contributed by atoms with E-state index < -0.39 is 57.6 Å². The topological polar surface area (TPSA) is 192 Å². The average Bonchev–Trinajstić information content (AvgIpc) is 3.96. The number of nitrogens with zero attached hydrogens (tertiary/aromatic N) is 6. The number of unbranched alkanes of at least 4 members (excludes halogenated alkanes) is 1. The number of nitrogens with one attached hydrogen (secondary N) is 2. The number of alkyl halides is 1. The molecule has 4 atom stereocenters. The maximum absolute atomic E-state index is 15.3. The molecule has 0 spiro atoms. The number of carbonyl (C=O) groups is 4. The summed E-state index contributed by atoms with van der Waals surface area (Å²) in [4.78, 5) is 56.9. The molecule has 3 N–H and O–H groups in total. The zero-order valence-electron chi connectivity index (χ0n) is 39.3. The van der Waals surface area contributed by atoms with E-state index in [1.165, 1.54) is 21.9 Å². The van der Waals surface area contributed by atoms with Gasteiger partial charge in [-0.25, -0.2) is 4.39 Å². The van der Waals surface area contributed by atoms with Gasteiger partial charge in [-0.15, -0.1) is 0 Å². The summed E-state index contributed by atoms with van der Waals surface area (Å²) in [5.74, 6) is -2.22. The van der Waals surface area contributed by atoms with Crippen molar-refractivity contribution in [2.75, 3.05) is 44.5 Å². The number of hydrogen-bond donors (Lipinski definition) is 3. The van der Waals surface area contributed by atoms with E-state index in [-0.39, 0.29) is 62.5 Å². The molecule has 16 nitrogen and oxygen atoms in total. The molecule has 19 heteroatoms. The second-order valence-electron chi connectivity index (χ2n) is 18.7. The third kappa shape index (κ3) is 12.3. The monoisotopic (exact) mass is 974 g/mol. The van der Waals surface area contributed by atoms with E-state index in [9.17, 15) is 29.5 Å². The van der Waals surface area contributed by atoms with Gasteiger partial charge in [-0.05, 0) is 92.2 Å². The number of halogens is 2. The Balaban J connectivity index is 0.866. The number of anilines is 1. The van der Waals surface area contributed by atoms with Crippen molar-refractivity contribution in [2.24, 2.45) is 12.5 Å². The minimum absolute atomic E-state index is 0.0336. The standard InChI is InChI=1S/C49H60ClFN8O8S/c1-47(2,3)42(44(63)57-29-36(60)26-39(57)43(62)53-28-32-12-14-33(15-13-32)38-18-20-54-56(38)6)55-41(61)30-66-23-10-22-65-21-7-8-24-67-40-17-16-34(25-37(40)51)59-46(68)58(45(64)48(59,4)5)35-11-9-19-49(50,27-35)31-52/h9,11-20,25,36,39,42,60H,7-8,10,21-24,26-30H2,1-6H3,(H,53,62)(H,55,61)/t36-,39+,42-,49?/m1/s1. The van der Waals surface area contributed by atoms with Crippen molar-refractivity contribution >= 4 is 58.2 Å². The van der Waals surface area contributed by atoms with Gasteiger partial charge in [-0.3, -0.25) is 28.8 Å². The van der Waals surface area contributed by atoms with Crippen molar-refractivity contribution in [3.05, 3.63) is 90.0 Å². The minimum Gasteiger partial charge on any atom is -0.491 e. The second kappa shape index (κ2) is 22.1. The number of β-amino-alcohol motifs (C(OH)–C–C–N with tert-alkyl or cyclic N) is 1. The lowest BCUT2D eigenvalue weighted by atomic mass is 9.85. The molecule has 4 amide bonds. The molecular formula is C49H60ClFN8O8S. The van der Waals surface area contributed by atoms with Crippen molar-refractivity contribution < 1.29 is 42.9 Å². The fraction of sp³-hybridized carbons (Fsp3) is 0.490. The molecule has 3 heterocycles. The molecule has 2 fully saturated rings. The van der Waals surface area contributed by atoms with E-state index >= 15 is 4.39 Å². The number of aliphatic hydroxyl groups is 1. The van der Waals surface area contributed by atoms with Crippen LogP contribution in [0.15, 0.2) is 78.7 Å². The van der Waals surface area contributed by atoms with Gasteiger partial charge in [0.2, 0.25) is 17.7 Å². The number of hydrogen-bond acceptors (Lipinski definition) is 11. The van der Waals surface area contributed by atoms with Gasteiger partial charge >= 0.3 is 0 Å². The van der Waals surface area contributed by atoms with Crippen LogP contribution in [-0.2, 0) is 42.2 Å². The summed E-state index contributed by atoms with van der Waals surface area (Å²) >= 11 is 12.1. The van der Waals surface area contributed by atoms with Gasteiger partial charge in [-0.1, -0.05) is 62.7 Å². The lowest BCUT2D eigenvalue weighted by Gasteiger charge is -2.35.